The van der Waals surface area contributed by atoms with Crippen molar-refractivity contribution in [2.75, 3.05) is 7.11 Å². The van der Waals surface area contributed by atoms with Gasteiger partial charge in [0.1, 0.15) is 5.75 Å². The van der Waals surface area contributed by atoms with E-state index in [1.165, 1.54) is 13.5 Å². The summed E-state index contributed by atoms with van der Waals surface area (Å²) in [5, 5.41) is 3.03. The number of hydrogen-bond acceptors (Lipinski definition) is 3. The highest BCUT2D eigenvalue weighted by Gasteiger charge is 2.24. The molecule has 1 aromatic rings. The van der Waals surface area contributed by atoms with E-state index in [0.29, 0.717) is 11.3 Å². The lowest BCUT2D eigenvalue weighted by Crippen LogP contribution is -2.40. The minimum absolute atomic E-state index is 0.0132. The minimum Gasteiger partial charge on any atom is -0.494 e. The monoisotopic (exact) mass is 282 g/mol. The third-order valence-corrected chi connectivity index (χ3v) is 4.02. The summed E-state index contributed by atoms with van der Waals surface area (Å²) in [5.74, 6) is 0.344. The summed E-state index contributed by atoms with van der Waals surface area (Å²) in [6.07, 6.45) is 8.46. The van der Waals surface area contributed by atoms with Crippen molar-refractivity contribution in [1.82, 2.24) is 10.3 Å². The van der Waals surface area contributed by atoms with E-state index < -0.39 is 0 Å². The first-order valence-electron chi connectivity index (χ1n) is 6.65. The molecule has 1 fully saturated rings. The number of pyridine rings is 1. The summed E-state index contributed by atoms with van der Waals surface area (Å²) in [6.45, 7) is 0. The zero-order valence-electron chi connectivity index (χ0n) is 11.1. The number of amides is 1. The van der Waals surface area contributed by atoms with E-state index in [-0.39, 0.29) is 17.3 Å². The molecule has 1 aromatic heterocycles. The zero-order chi connectivity index (χ0) is 13.7. The van der Waals surface area contributed by atoms with Crippen LogP contribution in [-0.2, 0) is 0 Å². The Hall–Kier alpha value is -1.29. The van der Waals surface area contributed by atoms with Gasteiger partial charge >= 0.3 is 0 Å². The molecular weight excluding hydrogens is 264 g/mol. The molecule has 1 aliphatic carbocycles. The molecule has 19 heavy (non-hydrogen) atoms. The molecular formula is C14H19ClN2O2. The molecule has 2 rings (SSSR count). The van der Waals surface area contributed by atoms with Crippen LogP contribution in [0, 0.1) is 0 Å². The molecule has 0 radical (unpaired) electrons. The number of aromatic nitrogens is 1. The predicted octanol–water partition coefficient (Wildman–Crippen LogP) is 2.76. The number of alkyl halides is 1. The molecule has 1 aliphatic rings. The van der Waals surface area contributed by atoms with Crippen LogP contribution in [0.4, 0.5) is 0 Å². The maximum atomic E-state index is 12.3. The van der Waals surface area contributed by atoms with Crippen molar-refractivity contribution >= 4 is 17.5 Å². The fraction of sp³-hybridized carbons (Fsp3) is 0.571. The molecule has 1 N–H and O–H groups in total. The average Bonchev–Trinajstić information content (AvgIpc) is 2.64. The number of nitrogens with one attached hydrogen (secondary N) is 1. The highest BCUT2D eigenvalue weighted by atomic mass is 35.5. The maximum absolute atomic E-state index is 12.3. The van der Waals surface area contributed by atoms with Crippen molar-refractivity contribution in [2.45, 2.75) is 43.5 Å². The van der Waals surface area contributed by atoms with E-state index in [0.717, 1.165) is 25.7 Å². The second kappa shape index (κ2) is 6.75. The normalized spacial score (nSPS) is 23.5. The fourth-order valence-electron chi connectivity index (χ4n) is 2.40. The molecule has 0 saturated heterocycles. The van der Waals surface area contributed by atoms with Gasteiger partial charge in [-0.1, -0.05) is 19.3 Å². The highest BCUT2D eigenvalue weighted by molar-refractivity contribution is 6.21. The third-order valence-electron chi connectivity index (χ3n) is 3.50. The number of methoxy groups -OCH3 is 1. The third kappa shape index (κ3) is 3.60. The Balaban J connectivity index is 2.07. The molecule has 2 atom stereocenters. The van der Waals surface area contributed by atoms with Gasteiger partial charge in [-0.3, -0.25) is 9.78 Å². The van der Waals surface area contributed by atoms with E-state index in [1.54, 1.807) is 18.5 Å². The number of halogens is 1. The van der Waals surface area contributed by atoms with E-state index in [1.807, 2.05) is 0 Å². The first-order valence-corrected chi connectivity index (χ1v) is 7.09. The summed E-state index contributed by atoms with van der Waals surface area (Å²) < 4.78 is 5.15. The summed E-state index contributed by atoms with van der Waals surface area (Å²) in [4.78, 5) is 16.2. The quantitative estimate of drug-likeness (QED) is 0.685. The number of nitrogens with zero attached hydrogens (tertiary/aromatic N) is 1. The molecule has 0 aliphatic heterocycles. The summed E-state index contributed by atoms with van der Waals surface area (Å²) in [5.41, 5.74) is 0.505. The van der Waals surface area contributed by atoms with E-state index >= 15 is 0 Å². The topological polar surface area (TPSA) is 51.2 Å². The van der Waals surface area contributed by atoms with Crippen LogP contribution in [0.15, 0.2) is 18.5 Å². The Morgan fingerprint density at radius 1 is 1.42 bits per heavy atom. The van der Waals surface area contributed by atoms with Crippen molar-refractivity contribution in [3.63, 3.8) is 0 Å². The van der Waals surface area contributed by atoms with Crippen LogP contribution in [0.2, 0.25) is 0 Å². The number of carbonyl (C=O) groups excluding carboxylic acids is 1. The van der Waals surface area contributed by atoms with Crippen LogP contribution in [0.1, 0.15) is 42.5 Å². The van der Waals surface area contributed by atoms with Gasteiger partial charge < -0.3 is 10.1 Å². The van der Waals surface area contributed by atoms with Gasteiger partial charge in [-0.05, 0) is 18.9 Å². The van der Waals surface area contributed by atoms with Crippen LogP contribution in [0.5, 0.6) is 5.75 Å². The summed E-state index contributed by atoms with van der Waals surface area (Å²) in [6, 6.07) is 1.70. The van der Waals surface area contributed by atoms with Crippen molar-refractivity contribution in [3.05, 3.63) is 24.0 Å². The predicted molar refractivity (Wildman–Crippen MR) is 74.8 cm³/mol. The van der Waals surface area contributed by atoms with Crippen LogP contribution in [0.25, 0.3) is 0 Å². The lowest BCUT2D eigenvalue weighted by Gasteiger charge is -2.21. The van der Waals surface area contributed by atoms with Crippen molar-refractivity contribution in [1.29, 1.82) is 0 Å². The Morgan fingerprint density at radius 3 is 3.00 bits per heavy atom. The first kappa shape index (κ1) is 14.1. The second-order valence-corrected chi connectivity index (χ2v) is 5.37. The second-order valence-electron chi connectivity index (χ2n) is 4.81. The first-order chi connectivity index (χ1) is 9.22. The van der Waals surface area contributed by atoms with Crippen molar-refractivity contribution in [3.8, 4) is 5.75 Å². The summed E-state index contributed by atoms with van der Waals surface area (Å²) in [7, 11) is 1.53. The van der Waals surface area contributed by atoms with Gasteiger partial charge in [0.05, 0.1) is 24.2 Å². The average molecular weight is 283 g/mol. The van der Waals surface area contributed by atoms with Crippen LogP contribution >= 0.6 is 11.6 Å². The molecule has 104 valence electrons. The molecule has 2 unspecified atom stereocenters. The number of carbonyl (C=O) groups is 1. The molecule has 1 amide bonds. The standard InChI is InChI=1S/C14H19ClN2O2/c1-19-13-9-16-8-7-10(13)14(18)17-12-6-4-2-3-5-11(12)15/h7-9,11-12H,2-6H2,1H3,(H,17,18). The van der Waals surface area contributed by atoms with Gasteiger partial charge in [0, 0.05) is 12.2 Å². The van der Waals surface area contributed by atoms with Gasteiger partial charge in [0.25, 0.3) is 5.91 Å². The highest BCUT2D eigenvalue weighted by Crippen LogP contribution is 2.23. The molecule has 4 nitrogen and oxygen atoms in total. The zero-order valence-corrected chi connectivity index (χ0v) is 11.8. The van der Waals surface area contributed by atoms with Gasteiger partial charge in [-0.15, -0.1) is 11.6 Å². The van der Waals surface area contributed by atoms with Gasteiger partial charge in [-0.25, -0.2) is 0 Å². The molecule has 5 heteroatoms. The molecule has 1 heterocycles. The Kier molecular flexibility index (Phi) is 5.02. The largest absolute Gasteiger partial charge is 0.494 e. The van der Waals surface area contributed by atoms with Gasteiger partial charge in [0.15, 0.2) is 0 Å². The van der Waals surface area contributed by atoms with Crippen LogP contribution in [-0.4, -0.2) is 29.4 Å². The smallest absolute Gasteiger partial charge is 0.255 e. The fourth-order valence-corrected chi connectivity index (χ4v) is 2.74. The van der Waals surface area contributed by atoms with Gasteiger partial charge in [0.2, 0.25) is 0 Å². The molecule has 0 bridgehead atoms. The molecule has 0 aromatic carbocycles. The Morgan fingerprint density at radius 2 is 2.21 bits per heavy atom. The lowest BCUT2D eigenvalue weighted by atomic mass is 10.1. The van der Waals surface area contributed by atoms with Crippen LogP contribution in [0.3, 0.4) is 0 Å². The van der Waals surface area contributed by atoms with E-state index in [4.69, 9.17) is 16.3 Å². The Bertz CT molecular complexity index is 439. The summed E-state index contributed by atoms with van der Waals surface area (Å²) >= 11 is 6.33. The van der Waals surface area contributed by atoms with Crippen molar-refractivity contribution < 1.29 is 9.53 Å². The number of hydrogen-bond donors (Lipinski definition) is 1. The SMILES string of the molecule is COc1cnccc1C(=O)NC1CCCCCC1Cl. The Labute approximate surface area is 118 Å². The van der Waals surface area contributed by atoms with Crippen LogP contribution < -0.4 is 10.1 Å². The maximum Gasteiger partial charge on any atom is 0.255 e. The van der Waals surface area contributed by atoms with E-state index in [2.05, 4.69) is 10.3 Å². The number of ether oxygens (including phenoxy) is 1. The minimum atomic E-state index is -0.142. The van der Waals surface area contributed by atoms with Crippen molar-refractivity contribution in [2.24, 2.45) is 0 Å². The number of rotatable bonds is 3. The molecule has 1 saturated carbocycles. The lowest BCUT2D eigenvalue weighted by molar-refractivity contribution is 0.0931. The molecule has 0 spiro atoms. The van der Waals surface area contributed by atoms with Gasteiger partial charge in [-0.2, -0.15) is 0 Å². The van der Waals surface area contributed by atoms with E-state index in [9.17, 15) is 4.79 Å².